The van der Waals surface area contributed by atoms with Crippen molar-refractivity contribution in [1.29, 1.82) is 0 Å². The summed E-state index contributed by atoms with van der Waals surface area (Å²) < 4.78 is 0.795. The molecule has 0 aromatic heterocycles. The fourth-order valence-electron chi connectivity index (χ4n) is 2.53. The molecule has 1 aliphatic rings. The Bertz CT molecular complexity index is 925. The number of carbonyl (C=O) groups excluding carboxylic acids is 2. The summed E-state index contributed by atoms with van der Waals surface area (Å²) in [4.78, 5) is 30.8. The average Bonchev–Trinajstić information content (AvgIpc) is 2.57. The predicted octanol–water partition coefficient (Wildman–Crippen LogP) is 3.83. The first-order valence-corrected chi connectivity index (χ1v) is 9.13. The van der Waals surface area contributed by atoms with Gasteiger partial charge < -0.3 is 5.32 Å². The van der Waals surface area contributed by atoms with Crippen LogP contribution in [0.25, 0.3) is 0 Å². The normalized spacial score (nSPS) is 17.7. The van der Waals surface area contributed by atoms with Crippen LogP contribution in [0.15, 0.2) is 51.9 Å². The Hall–Kier alpha value is -2.38. The van der Waals surface area contributed by atoms with Crippen molar-refractivity contribution in [2.45, 2.75) is 13.8 Å². The summed E-state index contributed by atoms with van der Waals surface area (Å²) in [5.74, 6) is -1.94. The summed E-state index contributed by atoms with van der Waals surface area (Å²) in [6.07, 6.45) is 1.36. The lowest BCUT2D eigenvalue weighted by Crippen LogP contribution is -2.58. The predicted molar refractivity (Wildman–Crippen MR) is 110 cm³/mol. The highest BCUT2D eigenvalue weighted by molar-refractivity contribution is 9.10. The van der Waals surface area contributed by atoms with Gasteiger partial charge in [0.25, 0.3) is 5.91 Å². The molecule has 2 aromatic carbocycles. The van der Waals surface area contributed by atoms with Crippen LogP contribution in [0, 0.1) is 19.8 Å². The van der Waals surface area contributed by atoms with E-state index in [4.69, 9.17) is 12.2 Å². The van der Waals surface area contributed by atoms with Gasteiger partial charge in [0, 0.05) is 10.7 Å². The minimum absolute atomic E-state index is 0.0741. The van der Waals surface area contributed by atoms with Crippen molar-refractivity contribution in [1.82, 2.24) is 5.32 Å². The molecule has 0 spiro atoms. The fourth-order valence-corrected chi connectivity index (χ4v) is 3.42. The number of nitrogens with one attached hydrogen (secondary N) is 1. The van der Waals surface area contributed by atoms with Crippen molar-refractivity contribution in [2.75, 3.05) is 4.90 Å². The quantitative estimate of drug-likeness (QED) is 0.458. The van der Waals surface area contributed by atoms with Crippen LogP contribution in [0.2, 0.25) is 0 Å². The molecule has 0 saturated carbocycles. The Morgan fingerprint density at radius 3 is 2.42 bits per heavy atom. The Kier molecular flexibility index (Phi) is 5.29. The van der Waals surface area contributed by atoms with Crippen LogP contribution in [0.4, 0.5) is 11.4 Å². The molecule has 7 heteroatoms. The standard InChI is InChI=1S/C19H16BrN3O2S/c1-11-3-6-13(7-4-11)23-18(25)14(17(24)22-19(23)26)10-21-16-8-5-12(2)9-15(16)20/h3-10,14H,1-2H3,(H,22,24,26)/t14-/m0/s1. The number of aryl methyl sites for hydroxylation is 2. The van der Waals surface area contributed by atoms with Crippen LogP contribution in [0.3, 0.4) is 0 Å². The molecule has 1 aliphatic heterocycles. The zero-order chi connectivity index (χ0) is 18.8. The molecular formula is C19H16BrN3O2S. The number of anilines is 1. The van der Waals surface area contributed by atoms with E-state index in [0.29, 0.717) is 11.4 Å². The summed E-state index contributed by atoms with van der Waals surface area (Å²) in [5.41, 5.74) is 3.40. The molecule has 132 valence electrons. The van der Waals surface area contributed by atoms with Crippen LogP contribution < -0.4 is 10.2 Å². The van der Waals surface area contributed by atoms with Gasteiger partial charge >= 0.3 is 0 Å². The van der Waals surface area contributed by atoms with E-state index in [-0.39, 0.29) is 5.11 Å². The van der Waals surface area contributed by atoms with E-state index in [2.05, 4.69) is 26.2 Å². The zero-order valence-electron chi connectivity index (χ0n) is 14.2. The summed E-state index contributed by atoms with van der Waals surface area (Å²) in [6, 6.07) is 13.0. The second-order valence-electron chi connectivity index (χ2n) is 6.01. The fraction of sp³-hybridized carbons (Fsp3) is 0.158. The summed E-state index contributed by atoms with van der Waals surface area (Å²) >= 11 is 8.62. The molecule has 0 aliphatic carbocycles. The number of aliphatic imine (C=N–C) groups is 1. The van der Waals surface area contributed by atoms with E-state index < -0.39 is 17.7 Å². The minimum atomic E-state index is -1.05. The molecule has 1 atom stereocenters. The maximum Gasteiger partial charge on any atom is 0.251 e. The number of rotatable bonds is 3. The first-order valence-electron chi connectivity index (χ1n) is 7.92. The molecule has 1 heterocycles. The molecule has 2 aromatic rings. The molecule has 5 nitrogen and oxygen atoms in total. The van der Waals surface area contributed by atoms with Gasteiger partial charge in [-0.3, -0.25) is 19.5 Å². The molecule has 2 amide bonds. The summed E-state index contributed by atoms with van der Waals surface area (Å²) in [7, 11) is 0. The number of carbonyl (C=O) groups is 2. The minimum Gasteiger partial charge on any atom is -0.301 e. The molecule has 26 heavy (non-hydrogen) atoms. The van der Waals surface area contributed by atoms with E-state index in [1.807, 2.05) is 44.2 Å². The highest BCUT2D eigenvalue weighted by Gasteiger charge is 2.38. The molecule has 1 fully saturated rings. The first-order chi connectivity index (χ1) is 12.4. The third-order valence-corrected chi connectivity index (χ3v) is 4.88. The van der Waals surface area contributed by atoms with E-state index in [9.17, 15) is 9.59 Å². The van der Waals surface area contributed by atoms with Gasteiger partial charge in [0.2, 0.25) is 5.91 Å². The van der Waals surface area contributed by atoms with Gasteiger partial charge in [-0.1, -0.05) is 23.8 Å². The molecule has 3 rings (SSSR count). The lowest BCUT2D eigenvalue weighted by Gasteiger charge is -2.31. The third-order valence-electron chi connectivity index (χ3n) is 3.96. The van der Waals surface area contributed by atoms with E-state index in [0.717, 1.165) is 15.6 Å². The van der Waals surface area contributed by atoms with E-state index in [1.165, 1.54) is 11.1 Å². The Labute approximate surface area is 165 Å². The second kappa shape index (κ2) is 7.47. The highest BCUT2D eigenvalue weighted by Crippen LogP contribution is 2.27. The van der Waals surface area contributed by atoms with E-state index in [1.54, 1.807) is 12.1 Å². The highest BCUT2D eigenvalue weighted by atomic mass is 79.9. The van der Waals surface area contributed by atoms with Crippen LogP contribution >= 0.6 is 28.1 Å². The third kappa shape index (κ3) is 3.73. The van der Waals surface area contributed by atoms with Gasteiger partial charge in [0.1, 0.15) is 0 Å². The molecule has 0 unspecified atom stereocenters. The van der Waals surface area contributed by atoms with Crippen LogP contribution in [0.1, 0.15) is 11.1 Å². The molecular weight excluding hydrogens is 414 g/mol. The first kappa shape index (κ1) is 18.4. The largest absolute Gasteiger partial charge is 0.301 e. The van der Waals surface area contributed by atoms with Gasteiger partial charge in [-0.05, 0) is 71.8 Å². The molecule has 1 N–H and O–H groups in total. The van der Waals surface area contributed by atoms with Gasteiger partial charge in [0.05, 0.1) is 11.4 Å². The number of halogens is 1. The summed E-state index contributed by atoms with van der Waals surface area (Å²) in [5, 5.41) is 2.65. The smallest absolute Gasteiger partial charge is 0.251 e. The second-order valence-corrected chi connectivity index (χ2v) is 7.26. The van der Waals surface area contributed by atoms with E-state index >= 15 is 0 Å². The maximum atomic E-state index is 12.9. The molecule has 1 saturated heterocycles. The molecule has 0 bridgehead atoms. The number of benzene rings is 2. The molecule has 0 radical (unpaired) electrons. The van der Waals surface area contributed by atoms with Gasteiger partial charge in [-0.15, -0.1) is 0 Å². The number of nitrogens with zero attached hydrogens (tertiary/aromatic N) is 2. The number of hydrogen-bond donors (Lipinski definition) is 1. The Balaban J connectivity index is 1.90. The van der Waals surface area contributed by atoms with Crippen molar-refractivity contribution in [3.63, 3.8) is 0 Å². The lowest BCUT2D eigenvalue weighted by atomic mass is 10.1. The lowest BCUT2D eigenvalue weighted by molar-refractivity contribution is -0.130. The van der Waals surface area contributed by atoms with Gasteiger partial charge in [-0.25, -0.2) is 0 Å². The monoisotopic (exact) mass is 429 g/mol. The summed E-state index contributed by atoms with van der Waals surface area (Å²) in [6.45, 7) is 3.92. The van der Waals surface area contributed by atoms with Crippen LogP contribution in [0.5, 0.6) is 0 Å². The van der Waals surface area contributed by atoms with Gasteiger partial charge in [-0.2, -0.15) is 0 Å². The Morgan fingerprint density at radius 2 is 1.77 bits per heavy atom. The average molecular weight is 430 g/mol. The van der Waals surface area contributed by atoms with Crippen molar-refractivity contribution >= 4 is 62.7 Å². The van der Waals surface area contributed by atoms with Crippen molar-refractivity contribution < 1.29 is 9.59 Å². The van der Waals surface area contributed by atoms with Crippen LogP contribution in [-0.2, 0) is 9.59 Å². The van der Waals surface area contributed by atoms with Crippen LogP contribution in [-0.4, -0.2) is 23.1 Å². The zero-order valence-corrected chi connectivity index (χ0v) is 16.6. The number of amides is 2. The SMILES string of the molecule is Cc1ccc(N2C(=O)[C@@H](C=Nc3ccc(C)cc3Br)C(=O)NC2=S)cc1. The Morgan fingerprint density at radius 1 is 1.12 bits per heavy atom. The van der Waals surface area contributed by atoms with Crippen molar-refractivity contribution in [3.05, 3.63) is 58.1 Å². The number of thiocarbonyl (C=S) groups is 1. The van der Waals surface area contributed by atoms with Crippen molar-refractivity contribution in [2.24, 2.45) is 10.9 Å². The topological polar surface area (TPSA) is 61.8 Å². The maximum absolute atomic E-state index is 12.9. The number of hydrogen-bond acceptors (Lipinski definition) is 4. The van der Waals surface area contributed by atoms with Crippen molar-refractivity contribution in [3.8, 4) is 0 Å². The van der Waals surface area contributed by atoms with Gasteiger partial charge in [0.15, 0.2) is 11.0 Å².